The molecule has 0 unspecified atom stereocenters. The monoisotopic (exact) mass is 543 g/mol. The van der Waals surface area contributed by atoms with Gasteiger partial charge in [-0.05, 0) is 36.9 Å². The molecule has 1 fully saturated rings. The Bertz CT molecular complexity index is 1850. The summed E-state index contributed by atoms with van der Waals surface area (Å²) >= 11 is 0. The first-order valence-electron chi connectivity index (χ1n) is 13.7. The van der Waals surface area contributed by atoms with Gasteiger partial charge in [0.15, 0.2) is 11.5 Å². The number of carbonyl (C=O) groups excluding carboxylic acids is 1. The number of hydrogen-bond acceptors (Lipinski definition) is 7. The second-order valence-electron chi connectivity index (χ2n) is 10.4. The fourth-order valence-corrected chi connectivity index (χ4v) is 5.33. The molecule has 1 saturated heterocycles. The van der Waals surface area contributed by atoms with E-state index in [4.69, 9.17) is 4.98 Å². The third kappa shape index (κ3) is 5.01. The Morgan fingerprint density at radius 2 is 1.78 bits per heavy atom. The number of piperazine rings is 1. The summed E-state index contributed by atoms with van der Waals surface area (Å²) in [4.78, 5) is 34.8. The number of amides is 1. The number of para-hydroxylation sites is 1. The van der Waals surface area contributed by atoms with Gasteiger partial charge in [0.05, 0.1) is 34.9 Å². The van der Waals surface area contributed by atoms with Crippen LogP contribution in [0.3, 0.4) is 0 Å². The Kier molecular flexibility index (Phi) is 6.36. The summed E-state index contributed by atoms with van der Waals surface area (Å²) in [6.45, 7) is 4.00. The second kappa shape index (κ2) is 10.5. The molecule has 0 aliphatic carbocycles. The van der Waals surface area contributed by atoms with Gasteiger partial charge in [-0.15, -0.1) is 0 Å². The Morgan fingerprint density at radius 3 is 2.63 bits per heavy atom. The maximum Gasteiger partial charge on any atom is 0.228 e. The Balaban J connectivity index is 1.18. The topological polar surface area (TPSA) is 119 Å². The van der Waals surface area contributed by atoms with Gasteiger partial charge in [-0.2, -0.15) is 5.10 Å². The summed E-state index contributed by atoms with van der Waals surface area (Å²) in [5, 5.41) is 11.4. The zero-order valence-electron chi connectivity index (χ0n) is 22.6. The molecule has 7 rings (SSSR count). The summed E-state index contributed by atoms with van der Waals surface area (Å²) in [5.41, 5.74) is 7.72. The minimum absolute atomic E-state index is 0.0957. The molecule has 10 heteroatoms. The van der Waals surface area contributed by atoms with Crippen LogP contribution in [0.1, 0.15) is 5.56 Å². The van der Waals surface area contributed by atoms with E-state index in [1.807, 2.05) is 42.5 Å². The van der Waals surface area contributed by atoms with Crippen LogP contribution >= 0.6 is 0 Å². The normalized spacial score (nSPS) is 14.1. The lowest BCUT2D eigenvalue weighted by molar-refractivity contribution is -0.115. The summed E-state index contributed by atoms with van der Waals surface area (Å²) in [5.74, 6) is 0.616. The standard InChI is InChI=1S/C31H29N9O/c1-39-10-12-40(13-11-39)26-9-5-8-25-29(26)36-31(35-25)28-24-16-22(18-33-30(24)38-37-28)21-15-23(19-32-17-21)34-27(41)14-20-6-3-2-4-7-20/h2-9,15-19H,10-14H2,1H3,(H,34,41)(H,35,36)(H,33,37,38). The highest BCUT2D eigenvalue weighted by atomic mass is 16.1. The van der Waals surface area contributed by atoms with Crippen molar-refractivity contribution in [2.75, 3.05) is 43.4 Å². The molecule has 204 valence electrons. The summed E-state index contributed by atoms with van der Waals surface area (Å²) < 4.78 is 0. The number of nitrogens with one attached hydrogen (secondary N) is 3. The molecule has 0 saturated carbocycles. The third-order valence-corrected chi connectivity index (χ3v) is 7.54. The van der Waals surface area contributed by atoms with Crippen molar-refractivity contribution in [2.24, 2.45) is 0 Å². The number of carbonyl (C=O) groups is 1. The molecule has 1 aliphatic rings. The van der Waals surface area contributed by atoms with Crippen LogP contribution in [-0.4, -0.2) is 74.2 Å². The molecule has 3 N–H and O–H groups in total. The Labute approximate surface area is 236 Å². The van der Waals surface area contributed by atoms with E-state index in [0.29, 0.717) is 23.6 Å². The van der Waals surface area contributed by atoms with Crippen molar-refractivity contribution in [2.45, 2.75) is 6.42 Å². The van der Waals surface area contributed by atoms with Crippen LogP contribution in [-0.2, 0) is 11.2 Å². The number of hydrogen-bond donors (Lipinski definition) is 3. The molecule has 0 spiro atoms. The quantitative estimate of drug-likeness (QED) is 0.283. The first kappa shape index (κ1) is 24.9. The van der Waals surface area contributed by atoms with Crippen LogP contribution in [0.25, 0.3) is 44.7 Å². The van der Waals surface area contributed by atoms with Crippen molar-refractivity contribution in [3.05, 3.63) is 84.8 Å². The number of H-pyrrole nitrogens is 2. The van der Waals surface area contributed by atoms with Crippen molar-refractivity contribution in [1.82, 2.24) is 35.0 Å². The number of anilines is 2. The maximum atomic E-state index is 12.6. The van der Waals surface area contributed by atoms with Crippen LogP contribution < -0.4 is 10.2 Å². The molecular formula is C31H29N9O. The highest BCUT2D eigenvalue weighted by Gasteiger charge is 2.20. The SMILES string of the molecule is CN1CCN(c2cccc3[nH]c(-c4[nH]nc5ncc(-c6cncc(NC(=O)Cc7ccccc7)c6)cc45)nc23)CC1. The van der Waals surface area contributed by atoms with Gasteiger partial charge in [-0.3, -0.25) is 14.9 Å². The minimum Gasteiger partial charge on any atom is -0.367 e. The second-order valence-corrected chi connectivity index (χ2v) is 10.4. The smallest absolute Gasteiger partial charge is 0.228 e. The number of benzene rings is 2. The van der Waals surface area contributed by atoms with E-state index >= 15 is 0 Å². The lowest BCUT2D eigenvalue weighted by atomic mass is 10.1. The number of nitrogens with zero attached hydrogens (tertiary/aromatic N) is 6. The third-order valence-electron chi connectivity index (χ3n) is 7.54. The number of rotatable bonds is 6. The molecule has 0 atom stereocenters. The maximum absolute atomic E-state index is 12.6. The highest BCUT2D eigenvalue weighted by Crippen LogP contribution is 2.32. The van der Waals surface area contributed by atoms with E-state index in [1.54, 1.807) is 18.6 Å². The molecule has 10 nitrogen and oxygen atoms in total. The molecule has 0 bridgehead atoms. The van der Waals surface area contributed by atoms with Crippen LogP contribution in [0, 0.1) is 0 Å². The zero-order valence-corrected chi connectivity index (χ0v) is 22.6. The van der Waals surface area contributed by atoms with Crippen LogP contribution in [0.15, 0.2) is 79.3 Å². The van der Waals surface area contributed by atoms with Crippen molar-refractivity contribution < 1.29 is 4.79 Å². The van der Waals surface area contributed by atoms with E-state index in [1.165, 1.54) is 0 Å². The molecule has 41 heavy (non-hydrogen) atoms. The zero-order chi connectivity index (χ0) is 27.8. The lowest BCUT2D eigenvalue weighted by Gasteiger charge is -2.34. The van der Waals surface area contributed by atoms with Crippen LogP contribution in [0.2, 0.25) is 0 Å². The highest BCUT2D eigenvalue weighted by molar-refractivity contribution is 5.97. The number of likely N-dealkylation sites (N-methyl/N-ethyl adjacent to an activating group) is 1. The molecule has 5 heterocycles. The van der Waals surface area contributed by atoms with Crippen molar-refractivity contribution in [3.8, 4) is 22.6 Å². The van der Waals surface area contributed by atoms with Gasteiger partial charge in [0.25, 0.3) is 0 Å². The van der Waals surface area contributed by atoms with E-state index in [9.17, 15) is 4.79 Å². The molecule has 1 amide bonds. The van der Waals surface area contributed by atoms with Crippen LogP contribution in [0.5, 0.6) is 0 Å². The van der Waals surface area contributed by atoms with Gasteiger partial charge in [-0.25, -0.2) is 9.97 Å². The summed E-state index contributed by atoms with van der Waals surface area (Å²) in [6, 6.07) is 19.9. The summed E-state index contributed by atoms with van der Waals surface area (Å²) in [6.07, 6.45) is 5.47. The number of aromatic nitrogens is 6. The molecule has 0 radical (unpaired) electrons. The average Bonchev–Trinajstić information content (AvgIpc) is 3.62. The lowest BCUT2D eigenvalue weighted by Crippen LogP contribution is -2.44. The first-order chi connectivity index (χ1) is 20.1. The summed E-state index contributed by atoms with van der Waals surface area (Å²) in [7, 11) is 2.16. The van der Waals surface area contributed by atoms with E-state index < -0.39 is 0 Å². The van der Waals surface area contributed by atoms with Crippen LogP contribution in [0.4, 0.5) is 11.4 Å². The van der Waals surface area contributed by atoms with Gasteiger partial charge >= 0.3 is 0 Å². The van der Waals surface area contributed by atoms with Gasteiger partial charge < -0.3 is 20.1 Å². The van der Waals surface area contributed by atoms with Crippen molar-refractivity contribution in [1.29, 1.82) is 0 Å². The number of pyridine rings is 2. The molecular weight excluding hydrogens is 514 g/mol. The predicted octanol–water partition coefficient (Wildman–Crippen LogP) is 4.50. The largest absolute Gasteiger partial charge is 0.367 e. The van der Waals surface area contributed by atoms with E-state index in [2.05, 4.69) is 65.5 Å². The number of fused-ring (bicyclic) bond motifs is 2. The van der Waals surface area contributed by atoms with Gasteiger partial charge in [0, 0.05) is 49.7 Å². The van der Waals surface area contributed by atoms with E-state index in [-0.39, 0.29) is 5.91 Å². The Hall–Kier alpha value is -5.09. The molecule has 6 aromatic rings. The van der Waals surface area contributed by atoms with Gasteiger partial charge in [-0.1, -0.05) is 36.4 Å². The fourth-order valence-electron chi connectivity index (χ4n) is 5.33. The first-order valence-corrected chi connectivity index (χ1v) is 13.7. The van der Waals surface area contributed by atoms with Gasteiger partial charge in [0.1, 0.15) is 11.2 Å². The average molecular weight is 544 g/mol. The fraction of sp³-hybridized carbons (Fsp3) is 0.194. The number of aromatic amines is 2. The van der Waals surface area contributed by atoms with Crippen molar-refractivity contribution >= 4 is 39.3 Å². The predicted molar refractivity (Wildman–Crippen MR) is 161 cm³/mol. The van der Waals surface area contributed by atoms with Gasteiger partial charge in [0.2, 0.25) is 5.91 Å². The van der Waals surface area contributed by atoms with Crippen molar-refractivity contribution in [3.63, 3.8) is 0 Å². The minimum atomic E-state index is -0.0957. The van der Waals surface area contributed by atoms with E-state index in [0.717, 1.165) is 70.7 Å². The molecule has 2 aromatic carbocycles. The molecule has 1 aliphatic heterocycles. The Morgan fingerprint density at radius 1 is 0.951 bits per heavy atom. The number of imidazole rings is 1. The molecule has 4 aromatic heterocycles.